The van der Waals surface area contributed by atoms with Crippen LogP contribution in [0, 0.1) is 6.92 Å². The van der Waals surface area contributed by atoms with Crippen LogP contribution in [-0.2, 0) is 4.79 Å². The van der Waals surface area contributed by atoms with Crippen LogP contribution in [0.3, 0.4) is 0 Å². The third kappa shape index (κ3) is 4.75. The summed E-state index contributed by atoms with van der Waals surface area (Å²) in [6.45, 7) is 5.82. The van der Waals surface area contributed by atoms with Gasteiger partial charge in [0, 0.05) is 0 Å². The van der Waals surface area contributed by atoms with Crippen molar-refractivity contribution in [2.45, 2.75) is 39.3 Å². The summed E-state index contributed by atoms with van der Waals surface area (Å²) < 4.78 is 10.9. The Bertz CT molecular complexity index is 650. The van der Waals surface area contributed by atoms with Gasteiger partial charge in [-0.25, -0.2) is 0 Å². The first-order valence-electron chi connectivity index (χ1n) is 8.21. The van der Waals surface area contributed by atoms with Gasteiger partial charge in [-0.1, -0.05) is 36.8 Å². The smallest absolute Gasteiger partial charge is 0.261 e. The van der Waals surface area contributed by atoms with Gasteiger partial charge in [-0.05, 0) is 50.1 Å². The first kappa shape index (κ1) is 17.9. The van der Waals surface area contributed by atoms with Crippen LogP contribution in [0.25, 0.3) is 0 Å². The van der Waals surface area contributed by atoms with Gasteiger partial charge < -0.3 is 14.8 Å². The topological polar surface area (TPSA) is 47.6 Å². The van der Waals surface area contributed by atoms with E-state index in [4.69, 9.17) is 9.47 Å². The Balaban J connectivity index is 1.98. The molecule has 2 atom stereocenters. The summed E-state index contributed by atoms with van der Waals surface area (Å²) in [4.78, 5) is 12.4. The summed E-state index contributed by atoms with van der Waals surface area (Å²) in [6, 6.07) is 15.4. The quantitative estimate of drug-likeness (QED) is 0.835. The van der Waals surface area contributed by atoms with Crippen LogP contribution in [0.15, 0.2) is 48.5 Å². The van der Waals surface area contributed by atoms with Gasteiger partial charge in [0.05, 0.1) is 13.2 Å². The third-order valence-electron chi connectivity index (χ3n) is 3.95. The molecule has 2 aromatic carbocycles. The van der Waals surface area contributed by atoms with Gasteiger partial charge in [0.25, 0.3) is 5.91 Å². The van der Waals surface area contributed by atoms with Gasteiger partial charge in [0.2, 0.25) is 0 Å². The van der Waals surface area contributed by atoms with Crippen LogP contribution < -0.4 is 14.8 Å². The highest BCUT2D eigenvalue weighted by Crippen LogP contribution is 2.20. The van der Waals surface area contributed by atoms with Crippen molar-refractivity contribution in [3.63, 3.8) is 0 Å². The molecule has 0 fully saturated rings. The molecule has 4 nitrogen and oxygen atoms in total. The van der Waals surface area contributed by atoms with E-state index in [2.05, 4.69) is 5.32 Å². The number of amides is 1. The SMILES string of the molecule is CCC(NC(=O)C(C)Oc1ccc(C)cc1)c1ccc(OC)cc1. The van der Waals surface area contributed by atoms with Gasteiger partial charge >= 0.3 is 0 Å². The van der Waals surface area contributed by atoms with Crippen molar-refractivity contribution < 1.29 is 14.3 Å². The maximum absolute atomic E-state index is 12.4. The predicted octanol–water partition coefficient (Wildman–Crippen LogP) is 4.04. The van der Waals surface area contributed by atoms with E-state index in [9.17, 15) is 4.79 Å². The fourth-order valence-corrected chi connectivity index (χ4v) is 2.42. The van der Waals surface area contributed by atoms with Crippen LogP contribution in [-0.4, -0.2) is 19.1 Å². The molecule has 4 heteroatoms. The molecule has 0 heterocycles. The second-order valence-corrected chi connectivity index (χ2v) is 5.82. The number of nitrogens with one attached hydrogen (secondary N) is 1. The summed E-state index contributed by atoms with van der Waals surface area (Å²) in [5, 5.41) is 3.05. The molecule has 0 spiro atoms. The fraction of sp³-hybridized carbons (Fsp3) is 0.350. The number of ether oxygens (including phenoxy) is 2. The average molecular weight is 327 g/mol. The molecule has 0 aliphatic heterocycles. The Morgan fingerprint density at radius 3 is 2.17 bits per heavy atom. The van der Waals surface area contributed by atoms with Crippen molar-refractivity contribution in [1.82, 2.24) is 5.32 Å². The van der Waals surface area contributed by atoms with E-state index in [0.717, 1.165) is 23.3 Å². The number of rotatable bonds is 7. The number of methoxy groups -OCH3 is 1. The molecule has 0 saturated carbocycles. The van der Waals surface area contributed by atoms with E-state index >= 15 is 0 Å². The lowest BCUT2D eigenvalue weighted by molar-refractivity contribution is -0.128. The Morgan fingerprint density at radius 2 is 1.62 bits per heavy atom. The zero-order valence-electron chi connectivity index (χ0n) is 14.7. The summed E-state index contributed by atoms with van der Waals surface area (Å²) in [5.41, 5.74) is 2.21. The first-order chi connectivity index (χ1) is 11.5. The number of hydrogen-bond donors (Lipinski definition) is 1. The Labute approximate surface area is 143 Å². The number of aryl methyl sites for hydroxylation is 1. The molecular weight excluding hydrogens is 302 g/mol. The molecule has 128 valence electrons. The van der Waals surface area contributed by atoms with Gasteiger partial charge in [-0.2, -0.15) is 0 Å². The van der Waals surface area contributed by atoms with Gasteiger partial charge in [0.15, 0.2) is 6.10 Å². The standard InChI is InChI=1S/C20H25NO3/c1-5-19(16-8-12-17(23-4)13-9-16)21-20(22)15(3)24-18-10-6-14(2)7-11-18/h6-13,15,19H,5H2,1-4H3,(H,21,22). The number of hydrogen-bond acceptors (Lipinski definition) is 3. The Kier molecular flexibility index (Phi) is 6.24. The molecule has 2 rings (SSSR count). The van der Waals surface area contributed by atoms with Crippen molar-refractivity contribution in [3.05, 3.63) is 59.7 Å². The van der Waals surface area contributed by atoms with E-state index in [0.29, 0.717) is 5.75 Å². The largest absolute Gasteiger partial charge is 0.497 e. The number of carbonyl (C=O) groups is 1. The normalized spacial score (nSPS) is 13.0. The molecule has 0 bridgehead atoms. The molecule has 1 amide bonds. The summed E-state index contributed by atoms with van der Waals surface area (Å²) in [6.07, 6.45) is 0.245. The second kappa shape index (κ2) is 8.39. The van der Waals surface area contributed by atoms with Gasteiger partial charge in [-0.15, -0.1) is 0 Å². The number of carbonyl (C=O) groups excluding carboxylic acids is 1. The lowest BCUT2D eigenvalue weighted by atomic mass is 10.0. The van der Waals surface area contributed by atoms with Crippen molar-refractivity contribution in [2.75, 3.05) is 7.11 Å². The van der Waals surface area contributed by atoms with E-state index < -0.39 is 6.10 Å². The van der Waals surface area contributed by atoms with Crippen molar-refractivity contribution in [3.8, 4) is 11.5 Å². The predicted molar refractivity (Wildman–Crippen MR) is 95.4 cm³/mol. The molecule has 0 radical (unpaired) electrons. The monoisotopic (exact) mass is 327 g/mol. The molecule has 24 heavy (non-hydrogen) atoms. The van der Waals surface area contributed by atoms with E-state index in [1.807, 2.05) is 62.4 Å². The Morgan fingerprint density at radius 1 is 1.04 bits per heavy atom. The summed E-state index contributed by atoms with van der Waals surface area (Å²) in [5.74, 6) is 1.37. The highest BCUT2D eigenvalue weighted by molar-refractivity contribution is 5.81. The molecule has 0 aromatic heterocycles. The van der Waals surface area contributed by atoms with Gasteiger partial charge in [-0.3, -0.25) is 4.79 Å². The maximum Gasteiger partial charge on any atom is 0.261 e. The summed E-state index contributed by atoms with van der Waals surface area (Å²) in [7, 11) is 1.64. The molecule has 0 saturated heterocycles. The zero-order valence-corrected chi connectivity index (χ0v) is 14.7. The van der Waals surface area contributed by atoms with Crippen LogP contribution >= 0.6 is 0 Å². The minimum Gasteiger partial charge on any atom is -0.497 e. The minimum atomic E-state index is -0.556. The lowest BCUT2D eigenvalue weighted by Gasteiger charge is -2.21. The molecule has 0 aliphatic carbocycles. The van der Waals surface area contributed by atoms with Crippen molar-refractivity contribution >= 4 is 5.91 Å². The Hall–Kier alpha value is -2.49. The van der Waals surface area contributed by atoms with Crippen molar-refractivity contribution in [2.24, 2.45) is 0 Å². The second-order valence-electron chi connectivity index (χ2n) is 5.82. The zero-order chi connectivity index (χ0) is 17.5. The first-order valence-corrected chi connectivity index (χ1v) is 8.21. The summed E-state index contributed by atoms with van der Waals surface area (Å²) >= 11 is 0. The number of benzene rings is 2. The molecular formula is C20H25NO3. The highest BCUT2D eigenvalue weighted by Gasteiger charge is 2.19. The van der Waals surface area contributed by atoms with E-state index in [-0.39, 0.29) is 11.9 Å². The van der Waals surface area contributed by atoms with Crippen LogP contribution in [0.5, 0.6) is 11.5 Å². The van der Waals surface area contributed by atoms with Crippen molar-refractivity contribution in [1.29, 1.82) is 0 Å². The fourth-order valence-electron chi connectivity index (χ4n) is 2.42. The molecule has 1 N–H and O–H groups in total. The highest BCUT2D eigenvalue weighted by atomic mass is 16.5. The van der Waals surface area contributed by atoms with Crippen LogP contribution in [0.2, 0.25) is 0 Å². The van der Waals surface area contributed by atoms with Crippen LogP contribution in [0.1, 0.15) is 37.4 Å². The minimum absolute atomic E-state index is 0.0486. The lowest BCUT2D eigenvalue weighted by Crippen LogP contribution is -2.38. The molecule has 2 unspecified atom stereocenters. The third-order valence-corrected chi connectivity index (χ3v) is 3.95. The van der Waals surface area contributed by atoms with E-state index in [1.54, 1.807) is 14.0 Å². The molecule has 2 aromatic rings. The van der Waals surface area contributed by atoms with Crippen LogP contribution in [0.4, 0.5) is 0 Å². The van der Waals surface area contributed by atoms with E-state index in [1.165, 1.54) is 0 Å². The maximum atomic E-state index is 12.4. The molecule has 0 aliphatic rings. The average Bonchev–Trinajstić information content (AvgIpc) is 2.61. The van der Waals surface area contributed by atoms with Gasteiger partial charge in [0.1, 0.15) is 11.5 Å².